The van der Waals surface area contributed by atoms with Crippen LogP contribution in [0.3, 0.4) is 0 Å². The van der Waals surface area contributed by atoms with Crippen molar-refractivity contribution in [1.82, 2.24) is 4.90 Å². The van der Waals surface area contributed by atoms with Gasteiger partial charge < -0.3 is 10.0 Å². The third-order valence-corrected chi connectivity index (χ3v) is 2.68. The van der Waals surface area contributed by atoms with E-state index >= 15 is 0 Å². The van der Waals surface area contributed by atoms with Crippen LogP contribution in [0.2, 0.25) is 0 Å². The highest BCUT2D eigenvalue weighted by molar-refractivity contribution is 5.74. The molecule has 0 rings (SSSR count). The van der Waals surface area contributed by atoms with Crippen molar-refractivity contribution in [3.8, 4) is 0 Å². The summed E-state index contributed by atoms with van der Waals surface area (Å²) in [5.74, 6) is -0.685. The maximum atomic E-state index is 11.3. The molecule has 0 bridgehead atoms. The average Bonchev–Trinajstić information content (AvgIpc) is 1.99. The van der Waals surface area contributed by atoms with E-state index in [2.05, 4.69) is 25.7 Å². The van der Waals surface area contributed by atoms with Crippen LogP contribution in [0.5, 0.6) is 0 Å². The van der Waals surface area contributed by atoms with E-state index < -0.39 is 11.4 Å². The normalized spacial score (nSPS) is 16.2. The van der Waals surface area contributed by atoms with Crippen molar-refractivity contribution in [3.05, 3.63) is 0 Å². The van der Waals surface area contributed by atoms with Gasteiger partial charge in [-0.1, -0.05) is 34.1 Å². The number of carboxylic acid groups (broad SMARTS) is 1. The van der Waals surface area contributed by atoms with Crippen LogP contribution < -0.4 is 0 Å². The number of hydrogen-bond acceptors (Lipinski definition) is 2. The molecule has 3 heteroatoms. The molecule has 0 aromatic rings. The van der Waals surface area contributed by atoms with E-state index in [9.17, 15) is 9.90 Å². The molecule has 0 aliphatic rings. The van der Waals surface area contributed by atoms with Gasteiger partial charge in [0.25, 0.3) is 0 Å². The highest BCUT2D eigenvalue weighted by Gasteiger charge is 2.33. The summed E-state index contributed by atoms with van der Waals surface area (Å²) in [4.78, 5) is 13.4. The Morgan fingerprint density at radius 2 is 1.69 bits per heavy atom. The van der Waals surface area contributed by atoms with Crippen LogP contribution in [0.25, 0.3) is 0 Å². The number of carbonyl (C=O) groups is 1. The second-order valence-electron chi connectivity index (χ2n) is 6.35. The van der Waals surface area contributed by atoms with E-state index in [1.807, 2.05) is 20.9 Å². The second kappa shape index (κ2) is 5.67. The predicted octanol–water partition coefficient (Wildman–Crippen LogP) is 2.86. The molecular formula is C13H27NO2. The van der Waals surface area contributed by atoms with Gasteiger partial charge >= 0.3 is 5.97 Å². The maximum absolute atomic E-state index is 11.3. The molecule has 0 aromatic heterocycles. The van der Waals surface area contributed by atoms with Gasteiger partial charge in [0.2, 0.25) is 0 Å². The number of aliphatic carboxylic acids is 1. The number of rotatable bonds is 6. The summed E-state index contributed by atoms with van der Waals surface area (Å²) in [5, 5.41) is 9.28. The molecule has 0 aromatic carbocycles. The highest BCUT2D eigenvalue weighted by atomic mass is 16.4. The molecule has 96 valence electrons. The first kappa shape index (κ1) is 15.4. The van der Waals surface area contributed by atoms with Crippen LogP contribution in [-0.2, 0) is 4.79 Å². The zero-order chi connectivity index (χ0) is 13.0. The van der Waals surface area contributed by atoms with Gasteiger partial charge in [0.1, 0.15) is 0 Å². The lowest BCUT2D eigenvalue weighted by Gasteiger charge is -2.33. The van der Waals surface area contributed by atoms with Crippen molar-refractivity contribution >= 4 is 5.97 Å². The van der Waals surface area contributed by atoms with E-state index in [1.54, 1.807) is 0 Å². The molecule has 0 saturated heterocycles. The second-order valence-corrected chi connectivity index (χ2v) is 6.35. The molecule has 16 heavy (non-hydrogen) atoms. The van der Waals surface area contributed by atoms with E-state index in [0.29, 0.717) is 6.54 Å². The maximum Gasteiger partial charge on any atom is 0.310 e. The molecule has 0 radical (unpaired) electrons. The first-order valence-corrected chi connectivity index (χ1v) is 6.03. The van der Waals surface area contributed by atoms with E-state index in [0.717, 1.165) is 19.4 Å². The van der Waals surface area contributed by atoms with Crippen molar-refractivity contribution in [1.29, 1.82) is 0 Å². The molecule has 0 amide bonds. The minimum atomic E-state index is -0.685. The minimum Gasteiger partial charge on any atom is -0.481 e. The molecule has 0 saturated carbocycles. The van der Waals surface area contributed by atoms with Crippen molar-refractivity contribution < 1.29 is 9.90 Å². The first-order valence-electron chi connectivity index (χ1n) is 6.03. The lowest BCUT2D eigenvalue weighted by Crippen LogP contribution is -2.42. The first-order chi connectivity index (χ1) is 7.10. The van der Waals surface area contributed by atoms with Gasteiger partial charge in [-0.2, -0.15) is 0 Å². The van der Waals surface area contributed by atoms with Crippen LogP contribution >= 0.6 is 0 Å². The Bertz CT molecular complexity index is 233. The van der Waals surface area contributed by atoms with E-state index in [4.69, 9.17) is 0 Å². The van der Waals surface area contributed by atoms with E-state index in [-0.39, 0.29) is 5.41 Å². The summed E-state index contributed by atoms with van der Waals surface area (Å²) in [7, 11) is 2.00. The van der Waals surface area contributed by atoms with Crippen LogP contribution in [0.4, 0.5) is 0 Å². The Morgan fingerprint density at radius 3 is 2.00 bits per heavy atom. The third kappa shape index (κ3) is 5.50. The van der Waals surface area contributed by atoms with Crippen LogP contribution in [0.1, 0.15) is 47.5 Å². The summed E-state index contributed by atoms with van der Waals surface area (Å²) in [6, 6.07) is 0. The number of carboxylic acids is 1. The minimum absolute atomic E-state index is 0.209. The Morgan fingerprint density at radius 1 is 1.19 bits per heavy atom. The fraction of sp³-hybridized carbons (Fsp3) is 0.923. The lowest BCUT2D eigenvalue weighted by molar-refractivity contribution is -0.149. The average molecular weight is 229 g/mol. The third-order valence-electron chi connectivity index (χ3n) is 2.68. The standard InChI is InChI=1S/C13H27NO2/c1-7-8-13(5,11(15)16)10-14(6)9-12(2,3)4/h7-10H2,1-6H3,(H,15,16). The Hall–Kier alpha value is -0.570. The van der Waals surface area contributed by atoms with Gasteiger partial charge in [-0.3, -0.25) is 4.79 Å². The Balaban J connectivity index is 4.47. The topological polar surface area (TPSA) is 40.5 Å². The SMILES string of the molecule is CCCC(C)(CN(C)CC(C)(C)C)C(=O)O. The molecular weight excluding hydrogens is 202 g/mol. The molecule has 3 nitrogen and oxygen atoms in total. The zero-order valence-corrected chi connectivity index (χ0v) is 11.6. The van der Waals surface area contributed by atoms with Crippen LogP contribution in [0.15, 0.2) is 0 Å². The predicted molar refractivity (Wildman–Crippen MR) is 67.6 cm³/mol. The largest absolute Gasteiger partial charge is 0.481 e. The molecule has 0 heterocycles. The fourth-order valence-corrected chi connectivity index (χ4v) is 2.27. The smallest absolute Gasteiger partial charge is 0.310 e. The van der Waals surface area contributed by atoms with Gasteiger partial charge in [0, 0.05) is 13.1 Å². The molecule has 1 unspecified atom stereocenters. The summed E-state index contributed by atoms with van der Waals surface area (Å²) >= 11 is 0. The summed E-state index contributed by atoms with van der Waals surface area (Å²) < 4.78 is 0. The van der Waals surface area contributed by atoms with Crippen LogP contribution in [0, 0.1) is 10.8 Å². The summed E-state index contributed by atoms with van der Waals surface area (Å²) in [6.07, 6.45) is 1.64. The van der Waals surface area contributed by atoms with Crippen molar-refractivity contribution in [2.45, 2.75) is 47.5 Å². The van der Waals surface area contributed by atoms with Crippen LogP contribution in [-0.4, -0.2) is 36.1 Å². The van der Waals surface area contributed by atoms with Gasteiger partial charge in [-0.05, 0) is 25.8 Å². The van der Waals surface area contributed by atoms with Gasteiger partial charge in [0.15, 0.2) is 0 Å². The van der Waals surface area contributed by atoms with E-state index in [1.165, 1.54) is 0 Å². The monoisotopic (exact) mass is 229 g/mol. The fourth-order valence-electron chi connectivity index (χ4n) is 2.27. The quantitative estimate of drug-likeness (QED) is 0.761. The number of nitrogens with zero attached hydrogens (tertiary/aromatic N) is 1. The molecule has 0 aliphatic heterocycles. The molecule has 1 atom stereocenters. The van der Waals surface area contributed by atoms with Gasteiger partial charge in [0.05, 0.1) is 5.41 Å². The van der Waals surface area contributed by atoms with Gasteiger partial charge in [-0.15, -0.1) is 0 Å². The molecule has 0 fully saturated rings. The number of hydrogen-bond donors (Lipinski definition) is 1. The lowest BCUT2D eigenvalue weighted by atomic mass is 9.84. The van der Waals surface area contributed by atoms with Crippen molar-refractivity contribution in [2.75, 3.05) is 20.1 Å². The van der Waals surface area contributed by atoms with Crippen molar-refractivity contribution in [2.24, 2.45) is 10.8 Å². The molecule has 0 aliphatic carbocycles. The Kier molecular flexibility index (Phi) is 5.47. The summed E-state index contributed by atoms with van der Waals surface area (Å²) in [5.41, 5.74) is -0.408. The Labute approximate surface area is 99.8 Å². The van der Waals surface area contributed by atoms with Crippen molar-refractivity contribution in [3.63, 3.8) is 0 Å². The summed E-state index contributed by atoms with van der Waals surface area (Å²) in [6.45, 7) is 11.9. The zero-order valence-electron chi connectivity index (χ0n) is 11.6. The highest BCUT2D eigenvalue weighted by Crippen LogP contribution is 2.26. The molecule has 1 N–H and O–H groups in total. The molecule has 0 spiro atoms. The van der Waals surface area contributed by atoms with Gasteiger partial charge in [-0.25, -0.2) is 0 Å².